The topological polar surface area (TPSA) is 33.3 Å². The molecule has 1 aromatic rings. The standard InChI is InChI=1S/C15H24F2N2O/c1-11(18-9-10-19-15(2,3)4)12-7-5-6-8-13(12)20-14(16)17/h5-8,11,14,18-19H,9-10H2,1-4H3. The summed E-state index contributed by atoms with van der Waals surface area (Å²) in [5.74, 6) is 0.228. The van der Waals surface area contributed by atoms with E-state index in [9.17, 15) is 8.78 Å². The van der Waals surface area contributed by atoms with Gasteiger partial charge in [0.05, 0.1) is 0 Å². The molecule has 0 aliphatic heterocycles. The van der Waals surface area contributed by atoms with Gasteiger partial charge in [0.2, 0.25) is 0 Å². The Morgan fingerprint density at radius 3 is 2.40 bits per heavy atom. The molecular weight excluding hydrogens is 262 g/mol. The second-order valence-corrected chi connectivity index (χ2v) is 5.77. The van der Waals surface area contributed by atoms with E-state index in [1.54, 1.807) is 18.2 Å². The number of para-hydroxylation sites is 1. The van der Waals surface area contributed by atoms with Gasteiger partial charge in [0.15, 0.2) is 0 Å². The van der Waals surface area contributed by atoms with Gasteiger partial charge in [-0.2, -0.15) is 8.78 Å². The van der Waals surface area contributed by atoms with Gasteiger partial charge in [-0.3, -0.25) is 0 Å². The van der Waals surface area contributed by atoms with Crippen molar-refractivity contribution in [2.75, 3.05) is 13.1 Å². The third-order valence-corrected chi connectivity index (χ3v) is 2.83. The second-order valence-electron chi connectivity index (χ2n) is 5.77. The van der Waals surface area contributed by atoms with Gasteiger partial charge in [-0.05, 0) is 33.8 Å². The van der Waals surface area contributed by atoms with Crippen LogP contribution in [0.15, 0.2) is 24.3 Å². The normalized spacial score (nSPS) is 13.6. The van der Waals surface area contributed by atoms with Crippen molar-refractivity contribution in [3.63, 3.8) is 0 Å². The van der Waals surface area contributed by atoms with E-state index in [4.69, 9.17) is 0 Å². The number of alkyl halides is 2. The maximum absolute atomic E-state index is 12.3. The summed E-state index contributed by atoms with van der Waals surface area (Å²) in [4.78, 5) is 0. The smallest absolute Gasteiger partial charge is 0.387 e. The van der Waals surface area contributed by atoms with Crippen molar-refractivity contribution in [2.45, 2.75) is 45.9 Å². The van der Waals surface area contributed by atoms with Crippen LogP contribution in [0.3, 0.4) is 0 Å². The molecule has 0 saturated carbocycles. The number of ether oxygens (including phenoxy) is 1. The quantitative estimate of drug-likeness (QED) is 0.754. The lowest BCUT2D eigenvalue weighted by Crippen LogP contribution is -2.40. The first-order chi connectivity index (χ1) is 9.29. The third kappa shape index (κ3) is 6.30. The number of rotatable bonds is 7. The fraction of sp³-hybridized carbons (Fsp3) is 0.600. The van der Waals surface area contributed by atoms with E-state index in [1.165, 1.54) is 0 Å². The molecule has 1 unspecified atom stereocenters. The highest BCUT2D eigenvalue weighted by molar-refractivity contribution is 5.35. The van der Waals surface area contributed by atoms with Crippen LogP contribution in [0, 0.1) is 0 Å². The van der Waals surface area contributed by atoms with Crippen LogP contribution in [0.2, 0.25) is 0 Å². The minimum Gasteiger partial charge on any atom is -0.434 e. The van der Waals surface area contributed by atoms with Crippen LogP contribution in [-0.2, 0) is 0 Å². The fourth-order valence-electron chi connectivity index (χ4n) is 1.88. The average molecular weight is 286 g/mol. The number of hydrogen-bond donors (Lipinski definition) is 2. The molecule has 0 aromatic heterocycles. The molecule has 1 rings (SSSR count). The Balaban J connectivity index is 2.52. The van der Waals surface area contributed by atoms with Crippen molar-refractivity contribution >= 4 is 0 Å². The van der Waals surface area contributed by atoms with Crippen molar-refractivity contribution in [3.05, 3.63) is 29.8 Å². The first-order valence-electron chi connectivity index (χ1n) is 6.82. The maximum Gasteiger partial charge on any atom is 0.387 e. The lowest BCUT2D eigenvalue weighted by Gasteiger charge is -2.22. The van der Waals surface area contributed by atoms with Gasteiger partial charge >= 0.3 is 6.61 Å². The lowest BCUT2D eigenvalue weighted by molar-refractivity contribution is -0.0506. The van der Waals surface area contributed by atoms with Gasteiger partial charge < -0.3 is 15.4 Å². The molecule has 0 saturated heterocycles. The molecule has 1 aromatic carbocycles. The minimum atomic E-state index is -2.80. The molecule has 0 bridgehead atoms. The molecule has 3 nitrogen and oxygen atoms in total. The molecule has 0 amide bonds. The largest absolute Gasteiger partial charge is 0.434 e. The molecule has 0 fully saturated rings. The SMILES string of the molecule is CC(NCCNC(C)(C)C)c1ccccc1OC(F)F. The number of halogens is 2. The van der Waals surface area contributed by atoms with E-state index in [-0.39, 0.29) is 17.3 Å². The second kappa shape index (κ2) is 7.55. The molecule has 2 N–H and O–H groups in total. The van der Waals surface area contributed by atoms with Gasteiger partial charge in [0, 0.05) is 30.2 Å². The van der Waals surface area contributed by atoms with Crippen LogP contribution in [0.4, 0.5) is 8.78 Å². The van der Waals surface area contributed by atoms with Crippen LogP contribution < -0.4 is 15.4 Å². The van der Waals surface area contributed by atoms with E-state index in [0.29, 0.717) is 0 Å². The molecule has 0 radical (unpaired) electrons. The number of nitrogens with one attached hydrogen (secondary N) is 2. The monoisotopic (exact) mass is 286 g/mol. The van der Waals surface area contributed by atoms with E-state index < -0.39 is 6.61 Å². The summed E-state index contributed by atoms with van der Waals surface area (Å²) >= 11 is 0. The van der Waals surface area contributed by atoms with Crippen molar-refractivity contribution in [1.82, 2.24) is 10.6 Å². The molecule has 114 valence electrons. The van der Waals surface area contributed by atoms with Crippen molar-refractivity contribution in [3.8, 4) is 5.75 Å². The Kier molecular flexibility index (Phi) is 6.36. The van der Waals surface area contributed by atoms with Gasteiger partial charge in [0.1, 0.15) is 5.75 Å². The molecule has 20 heavy (non-hydrogen) atoms. The first kappa shape index (κ1) is 16.9. The Hall–Kier alpha value is -1.20. The Morgan fingerprint density at radius 2 is 1.80 bits per heavy atom. The molecular formula is C15H24F2N2O. The predicted octanol–water partition coefficient (Wildman–Crippen LogP) is 3.33. The summed E-state index contributed by atoms with van der Waals surface area (Å²) in [7, 11) is 0. The highest BCUT2D eigenvalue weighted by Crippen LogP contribution is 2.25. The molecule has 0 aliphatic carbocycles. The highest BCUT2D eigenvalue weighted by Gasteiger charge is 2.14. The van der Waals surface area contributed by atoms with Crippen molar-refractivity contribution < 1.29 is 13.5 Å². The van der Waals surface area contributed by atoms with Gasteiger partial charge in [0.25, 0.3) is 0 Å². The van der Waals surface area contributed by atoms with Gasteiger partial charge in [-0.1, -0.05) is 18.2 Å². The molecule has 0 spiro atoms. The maximum atomic E-state index is 12.3. The summed E-state index contributed by atoms with van der Waals surface area (Å²) in [6, 6.07) is 6.82. The number of hydrogen-bond acceptors (Lipinski definition) is 3. The Morgan fingerprint density at radius 1 is 1.15 bits per heavy atom. The van der Waals surface area contributed by atoms with Crippen LogP contribution in [-0.4, -0.2) is 25.2 Å². The molecule has 0 aliphatic rings. The zero-order chi connectivity index (χ0) is 15.2. The molecule has 1 atom stereocenters. The summed E-state index contributed by atoms with van der Waals surface area (Å²) < 4.78 is 29.2. The van der Waals surface area contributed by atoms with Crippen LogP contribution >= 0.6 is 0 Å². The fourth-order valence-corrected chi connectivity index (χ4v) is 1.88. The summed E-state index contributed by atoms with van der Waals surface area (Å²) in [6.07, 6.45) is 0. The van der Waals surface area contributed by atoms with E-state index in [2.05, 4.69) is 36.1 Å². The van der Waals surface area contributed by atoms with E-state index in [1.807, 2.05) is 13.0 Å². The van der Waals surface area contributed by atoms with Crippen LogP contribution in [0.5, 0.6) is 5.75 Å². The first-order valence-corrected chi connectivity index (χ1v) is 6.82. The summed E-state index contributed by atoms with van der Waals surface area (Å²) in [5.41, 5.74) is 0.810. The van der Waals surface area contributed by atoms with Gasteiger partial charge in [-0.25, -0.2) is 0 Å². The van der Waals surface area contributed by atoms with E-state index in [0.717, 1.165) is 18.7 Å². The number of benzene rings is 1. The van der Waals surface area contributed by atoms with E-state index >= 15 is 0 Å². The Bertz CT molecular complexity index is 405. The average Bonchev–Trinajstić information content (AvgIpc) is 2.33. The lowest BCUT2D eigenvalue weighted by atomic mass is 10.1. The highest BCUT2D eigenvalue weighted by atomic mass is 19.3. The molecule has 5 heteroatoms. The summed E-state index contributed by atoms with van der Waals surface area (Å²) in [6.45, 7) is 7.00. The zero-order valence-electron chi connectivity index (χ0n) is 12.5. The predicted molar refractivity (Wildman–Crippen MR) is 77.2 cm³/mol. The van der Waals surface area contributed by atoms with Crippen molar-refractivity contribution in [1.29, 1.82) is 0 Å². The minimum absolute atomic E-state index is 0.0493. The molecule has 0 heterocycles. The summed E-state index contributed by atoms with van der Waals surface area (Å²) in [5, 5.41) is 6.66. The van der Waals surface area contributed by atoms with Crippen molar-refractivity contribution in [2.24, 2.45) is 0 Å². The van der Waals surface area contributed by atoms with Gasteiger partial charge in [-0.15, -0.1) is 0 Å². The van der Waals surface area contributed by atoms with Crippen LogP contribution in [0.1, 0.15) is 39.3 Å². The Labute approximate surface area is 119 Å². The third-order valence-electron chi connectivity index (χ3n) is 2.83. The van der Waals surface area contributed by atoms with Crippen LogP contribution in [0.25, 0.3) is 0 Å². The zero-order valence-corrected chi connectivity index (χ0v) is 12.5.